The minimum Gasteiger partial charge on any atom is -0.393 e. The largest absolute Gasteiger partial charge is 0.393 e. The van der Waals surface area contributed by atoms with Crippen LogP contribution in [0.4, 0.5) is 10.1 Å². The van der Waals surface area contributed by atoms with Gasteiger partial charge in [-0.05, 0) is 55.9 Å². The highest BCUT2D eigenvalue weighted by Gasteiger charge is 2.42. The predicted molar refractivity (Wildman–Crippen MR) is 78.2 cm³/mol. The fraction of sp³-hybridized carbons (Fsp3) is 0.625. The number of anilines is 1. The predicted octanol–water partition coefficient (Wildman–Crippen LogP) is 2.36. The number of benzene rings is 1. The van der Waals surface area contributed by atoms with Crippen molar-refractivity contribution in [3.8, 4) is 0 Å². The van der Waals surface area contributed by atoms with Gasteiger partial charge in [0.2, 0.25) is 0 Å². The van der Waals surface area contributed by atoms with Gasteiger partial charge in [-0.1, -0.05) is 0 Å². The Morgan fingerprint density at radius 1 is 1.35 bits per heavy atom. The number of nitrogens with zero attached hydrogens (tertiary/aromatic N) is 1. The van der Waals surface area contributed by atoms with Crippen LogP contribution < -0.4 is 10.6 Å². The van der Waals surface area contributed by atoms with Crippen LogP contribution in [-0.2, 0) is 0 Å². The van der Waals surface area contributed by atoms with E-state index in [2.05, 4.69) is 4.90 Å². The summed E-state index contributed by atoms with van der Waals surface area (Å²) in [5.74, 6) is 0.734. The Bertz CT molecular complexity index is 517. The molecule has 0 radical (unpaired) electrons. The molecule has 2 aliphatic rings. The number of fused-ring (bicyclic) bond motifs is 1. The second-order valence-electron chi connectivity index (χ2n) is 6.42. The molecule has 4 atom stereocenters. The average molecular weight is 278 g/mol. The van der Waals surface area contributed by atoms with Crippen LogP contribution in [0.2, 0.25) is 0 Å². The first-order valence-corrected chi connectivity index (χ1v) is 7.46. The molecule has 3 rings (SSSR count). The van der Waals surface area contributed by atoms with Crippen LogP contribution in [0, 0.1) is 24.6 Å². The summed E-state index contributed by atoms with van der Waals surface area (Å²) in [6.45, 7) is 5.48. The second kappa shape index (κ2) is 5.01. The fourth-order valence-electron chi connectivity index (χ4n) is 3.75. The van der Waals surface area contributed by atoms with Gasteiger partial charge < -0.3 is 15.7 Å². The van der Waals surface area contributed by atoms with Gasteiger partial charge in [-0.15, -0.1) is 0 Å². The number of halogens is 1. The van der Waals surface area contributed by atoms with E-state index in [1.54, 1.807) is 13.0 Å². The topological polar surface area (TPSA) is 49.5 Å². The van der Waals surface area contributed by atoms with Gasteiger partial charge >= 0.3 is 0 Å². The molecule has 4 unspecified atom stereocenters. The third-order valence-corrected chi connectivity index (χ3v) is 4.96. The molecule has 1 aromatic carbocycles. The Balaban J connectivity index is 1.93. The smallest absolute Gasteiger partial charge is 0.126 e. The Morgan fingerprint density at radius 3 is 2.75 bits per heavy atom. The highest BCUT2D eigenvalue weighted by atomic mass is 19.1. The normalized spacial score (nSPS) is 30.6. The van der Waals surface area contributed by atoms with Crippen molar-refractivity contribution >= 4 is 5.69 Å². The second-order valence-corrected chi connectivity index (χ2v) is 6.42. The molecule has 1 heterocycles. The summed E-state index contributed by atoms with van der Waals surface area (Å²) in [5, 5.41) is 10.0. The van der Waals surface area contributed by atoms with E-state index in [-0.39, 0.29) is 18.0 Å². The number of hydrogen-bond donors (Lipinski definition) is 2. The maximum atomic E-state index is 13.8. The Morgan fingerprint density at radius 2 is 2.10 bits per heavy atom. The van der Waals surface area contributed by atoms with Crippen LogP contribution in [0.3, 0.4) is 0 Å². The molecule has 110 valence electrons. The number of aryl methyl sites for hydroxylation is 1. The molecule has 1 aliphatic heterocycles. The Hall–Kier alpha value is -1.13. The summed E-state index contributed by atoms with van der Waals surface area (Å²) in [7, 11) is 0. The van der Waals surface area contributed by atoms with E-state index < -0.39 is 0 Å². The van der Waals surface area contributed by atoms with Crippen molar-refractivity contribution in [2.24, 2.45) is 17.6 Å². The molecular weight excluding hydrogens is 255 g/mol. The van der Waals surface area contributed by atoms with E-state index in [1.165, 1.54) is 0 Å². The first kappa shape index (κ1) is 13.8. The van der Waals surface area contributed by atoms with Crippen LogP contribution in [0.15, 0.2) is 12.1 Å². The fourth-order valence-corrected chi connectivity index (χ4v) is 3.75. The monoisotopic (exact) mass is 278 g/mol. The van der Waals surface area contributed by atoms with E-state index in [0.717, 1.165) is 37.2 Å². The number of aliphatic hydroxyl groups excluding tert-OH is 1. The lowest BCUT2D eigenvalue weighted by molar-refractivity contribution is 0.133. The maximum absolute atomic E-state index is 13.8. The summed E-state index contributed by atoms with van der Waals surface area (Å²) in [6.07, 6.45) is 1.84. The third kappa shape index (κ3) is 2.21. The molecule has 3 nitrogen and oxygen atoms in total. The third-order valence-electron chi connectivity index (χ3n) is 4.96. The molecule has 1 saturated heterocycles. The SMILES string of the molecule is Cc1cc(N2CC3CCC(O)C3C2)c(C(C)N)cc1F. The van der Waals surface area contributed by atoms with Gasteiger partial charge in [-0.25, -0.2) is 4.39 Å². The van der Waals surface area contributed by atoms with Gasteiger partial charge in [-0.2, -0.15) is 0 Å². The molecule has 1 aromatic rings. The molecule has 0 amide bonds. The first-order valence-electron chi connectivity index (χ1n) is 7.46. The molecule has 0 spiro atoms. The molecule has 1 saturated carbocycles. The van der Waals surface area contributed by atoms with Crippen molar-refractivity contribution in [3.63, 3.8) is 0 Å². The quantitative estimate of drug-likeness (QED) is 0.873. The zero-order valence-corrected chi connectivity index (χ0v) is 12.1. The highest BCUT2D eigenvalue weighted by Crippen LogP contribution is 2.41. The summed E-state index contributed by atoms with van der Waals surface area (Å²) in [4.78, 5) is 2.28. The van der Waals surface area contributed by atoms with Gasteiger partial charge in [0, 0.05) is 30.7 Å². The van der Waals surface area contributed by atoms with Gasteiger partial charge in [-0.3, -0.25) is 0 Å². The van der Waals surface area contributed by atoms with Crippen molar-refractivity contribution in [1.82, 2.24) is 0 Å². The number of aliphatic hydroxyl groups is 1. The van der Waals surface area contributed by atoms with Gasteiger partial charge in [0.15, 0.2) is 0 Å². The minimum absolute atomic E-state index is 0.176. The molecule has 0 bridgehead atoms. The van der Waals surface area contributed by atoms with Crippen LogP contribution >= 0.6 is 0 Å². The molecule has 3 N–H and O–H groups in total. The zero-order valence-electron chi connectivity index (χ0n) is 12.1. The number of nitrogens with two attached hydrogens (primary N) is 1. The average Bonchev–Trinajstić information content (AvgIpc) is 2.95. The maximum Gasteiger partial charge on any atom is 0.126 e. The van der Waals surface area contributed by atoms with Crippen LogP contribution in [0.25, 0.3) is 0 Å². The van der Waals surface area contributed by atoms with E-state index in [4.69, 9.17) is 5.73 Å². The van der Waals surface area contributed by atoms with Gasteiger partial charge in [0.25, 0.3) is 0 Å². The van der Waals surface area contributed by atoms with Crippen LogP contribution in [0.1, 0.15) is 36.9 Å². The van der Waals surface area contributed by atoms with Crippen LogP contribution in [-0.4, -0.2) is 24.3 Å². The molecule has 1 aliphatic carbocycles. The van der Waals surface area contributed by atoms with E-state index in [9.17, 15) is 9.50 Å². The minimum atomic E-state index is -0.194. The number of rotatable bonds is 2. The Labute approximate surface area is 119 Å². The highest BCUT2D eigenvalue weighted by molar-refractivity contribution is 5.58. The van der Waals surface area contributed by atoms with E-state index in [0.29, 0.717) is 17.4 Å². The van der Waals surface area contributed by atoms with Crippen molar-refractivity contribution in [2.75, 3.05) is 18.0 Å². The standard InChI is InChI=1S/C16H23FN2O/c1-9-5-15(12(10(2)18)6-14(9)17)19-7-11-3-4-16(20)13(11)8-19/h5-6,10-11,13,16,20H,3-4,7-8,18H2,1-2H3. The number of hydrogen-bond acceptors (Lipinski definition) is 3. The zero-order chi connectivity index (χ0) is 14.4. The van der Waals surface area contributed by atoms with Crippen molar-refractivity contribution < 1.29 is 9.50 Å². The lowest BCUT2D eigenvalue weighted by Crippen LogP contribution is -2.26. The van der Waals surface area contributed by atoms with Gasteiger partial charge in [0.1, 0.15) is 5.82 Å². The molecule has 2 fully saturated rings. The first-order chi connectivity index (χ1) is 9.47. The lowest BCUT2D eigenvalue weighted by Gasteiger charge is -2.25. The Kier molecular flexibility index (Phi) is 3.46. The van der Waals surface area contributed by atoms with Crippen molar-refractivity contribution in [3.05, 3.63) is 29.1 Å². The summed E-state index contributed by atoms with van der Waals surface area (Å²) < 4.78 is 13.8. The van der Waals surface area contributed by atoms with Crippen molar-refractivity contribution in [2.45, 2.75) is 38.8 Å². The van der Waals surface area contributed by atoms with E-state index >= 15 is 0 Å². The molecule has 20 heavy (non-hydrogen) atoms. The molecule has 4 heteroatoms. The summed E-state index contributed by atoms with van der Waals surface area (Å²) in [6, 6.07) is 3.28. The van der Waals surface area contributed by atoms with Gasteiger partial charge in [0.05, 0.1) is 6.10 Å². The molecular formula is C16H23FN2O. The lowest BCUT2D eigenvalue weighted by atomic mass is 10.00. The van der Waals surface area contributed by atoms with Crippen LogP contribution in [0.5, 0.6) is 0 Å². The van der Waals surface area contributed by atoms with Crippen molar-refractivity contribution in [1.29, 1.82) is 0 Å². The summed E-state index contributed by atoms with van der Waals surface area (Å²) in [5.41, 5.74) is 8.56. The summed E-state index contributed by atoms with van der Waals surface area (Å²) >= 11 is 0. The molecule has 0 aromatic heterocycles. The van der Waals surface area contributed by atoms with E-state index in [1.807, 2.05) is 13.0 Å².